The van der Waals surface area contributed by atoms with E-state index in [9.17, 15) is 0 Å². The van der Waals surface area contributed by atoms with E-state index in [0.29, 0.717) is 0 Å². The fourth-order valence-electron chi connectivity index (χ4n) is 4.56. The fourth-order valence-corrected chi connectivity index (χ4v) is 5.46. The third-order valence-electron chi connectivity index (χ3n) is 6.35. The third-order valence-corrected chi connectivity index (χ3v) is 7.66. The highest BCUT2D eigenvalue weighted by Crippen LogP contribution is 2.38. The second-order valence-electron chi connectivity index (χ2n) is 9.95. The number of nitrogens with zero attached hydrogens (tertiary/aromatic N) is 2. The quantitative estimate of drug-likeness (QED) is 0.342. The second-order valence-corrected chi connectivity index (χ2v) is 11.7. The summed E-state index contributed by atoms with van der Waals surface area (Å²) in [5.41, 5.74) is 7.84. The molecule has 5 nitrogen and oxygen atoms in total. The Kier molecular flexibility index (Phi) is 5.06. The average Bonchev–Trinajstić information content (AvgIpc) is 3.37. The maximum Gasteiger partial charge on any atom is 0.163 e. The van der Waals surface area contributed by atoms with Crippen LogP contribution in [0, 0.1) is 0 Å². The first-order valence-corrected chi connectivity index (χ1v) is 12.3. The Morgan fingerprint density at radius 2 is 1.41 bits per heavy atom. The normalized spacial score (nSPS) is 16.8. The van der Waals surface area contributed by atoms with Crippen LogP contribution in [0.25, 0.3) is 22.1 Å². The van der Waals surface area contributed by atoms with Crippen molar-refractivity contribution in [1.82, 2.24) is 19.9 Å². The molecule has 0 saturated heterocycles. The Balaban J connectivity index is 1.94. The molecule has 0 radical (unpaired) electrons. The van der Waals surface area contributed by atoms with Gasteiger partial charge in [0.2, 0.25) is 0 Å². The van der Waals surface area contributed by atoms with Gasteiger partial charge in [0.1, 0.15) is 0 Å². The molecule has 0 aromatic carbocycles. The minimum Gasteiger partial charge on any atom is -0.493 e. The molecule has 0 fully saturated rings. The Hall–Kier alpha value is -2.12. The second kappa shape index (κ2) is 7.45. The number of nitrogens with one attached hydrogen (secondary N) is 2. The first kappa shape index (κ1) is 21.7. The van der Waals surface area contributed by atoms with Crippen molar-refractivity contribution in [2.75, 3.05) is 7.11 Å². The topological polar surface area (TPSA) is 66.6 Å². The molecular formula is C25H26Br2N4O. The summed E-state index contributed by atoms with van der Waals surface area (Å²) in [6, 6.07) is 10.6. The van der Waals surface area contributed by atoms with Gasteiger partial charge in [-0.2, -0.15) is 0 Å². The number of methoxy groups -OCH3 is 1. The van der Waals surface area contributed by atoms with Gasteiger partial charge in [0.05, 0.1) is 29.4 Å². The van der Waals surface area contributed by atoms with Crippen LogP contribution in [0.1, 0.15) is 50.5 Å². The number of fused-ring (bicyclic) bond motifs is 8. The maximum atomic E-state index is 5.86. The summed E-state index contributed by atoms with van der Waals surface area (Å²) in [7, 11) is 1.71. The molecule has 0 spiro atoms. The lowest BCUT2D eigenvalue weighted by Gasteiger charge is -2.16. The number of ether oxygens (including phenoxy) is 1. The summed E-state index contributed by atoms with van der Waals surface area (Å²) in [5, 5.41) is 0. The van der Waals surface area contributed by atoms with Crippen LogP contribution in [0.2, 0.25) is 0 Å². The number of aromatic nitrogens is 4. The summed E-state index contributed by atoms with van der Waals surface area (Å²) in [6.07, 6.45) is 1.68. The van der Waals surface area contributed by atoms with Crippen molar-refractivity contribution in [3.05, 3.63) is 62.1 Å². The third kappa shape index (κ3) is 3.69. The zero-order valence-corrected chi connectivity index (χ0v) is 22.0. The molecule has 2 N–H and O–H groups in total. The fraction of sp³-hybridized carbons (Fsp3) is 0.360. The highest BCUT2D eigenvalue weighted by molar-refractivity contribution is 9.11. The summed E-state index contributed by atoms with van der Waals surface area (Å²) in [5.74, 6) is 0.772. The van der Waals surface area contributed by atoms with Crippen LogP contribution in [0.3, 0.4) is 0 Å². The molecule has 8 bridgehead atoms. The van der Waals surface area contributed by atoms with E-state index in [4.69, 9.17) is 14.7 Å². The zero-order valence-electron chi connectivity index (χ0n) is 18.9. The van der Waals surface area contributed by atoms with Crippen molar-refractivity contribution < 1.29 is 4.74 Å². The van der Waals surface area contributed by atoms with Gasteiger partial charge in [0.25, 0.3) is 0 Å². The Morgan fingerprint density at radius 3 is 2.12 bits per heavy atom. The largest absolute Gasteiger partial charge is 0.493 e. The van der Waals surface area contributed by atoms with Crippen LogP contribution >= 0.6 is 31.9 Å². The molecule has 0 atom stereocenters. The first-order valence-electron chi connectivity index (χ1n) is 10.7. The highest BCUT2D eigenvalue weighted by Gasteiger charge is 2.31. The minimum absolute atomic E-state index is 0.0554. The van der Waals surface area contributed by atoms with Crippen molar-refractivity contribution in [2.24, 2.45) is 0 Å². The van der Waals surface area contributed by atoms with Gasteiger partial charge in [-0.1, -0.05) is 27.7 Å². The molecule has 5 heterocycles. The Labute approximate surface area is 204 Å². The lowest BCUT2D eigenvalue weighted by atomic mass is 9.87. The van der Waals surface area contributed by atoms with Crippen molar-refractivity contribution in [2.45, 2.75) is 51.4 Å². The van der Waals surface area contributed by atoms with Crippen LogP contribution in [-0.4, -0.2) is 27.0 Å². The summed E-state index contributed by atoms with van der Waals surface area (Å²) in [6.45, 7) is 8.91. The summed E-state index contributed by atoms with van der Waals surface area (Å²) in [4.78, 5) is 17.0. The number of halogens is 2. The standard InChI is InChI=1S/C25H26Br2N4O/c1-24(2)11-14-6-13-7-15(26)17(28-13)9-22-25(3,4)12-20(31-22)23(32-5)19-8-16(27)18(30-19)10-21(24)29-14/h6-10,28,30H,11-12H2,1-5H3. The van der Waals surface area contributed by atoms with Gasteiger partial charge >= 0.3 is 0 Å². The van der Waals surface area contributed by atoms with E-state index in [-0.39, 0.29) is 10.8 Å². The van der Waals surface area contributed by atoms with E-state index in [2.05, 4.69) is 99.9 Å². The maximum absolute atomic E-state index is 5.86. The molecule has 0 saturated carbocycles. The summed E-state index contributed by atoms with van der Waals surface area (Å²) >= 11 is 7.44. The van der Waals surface area contributed by atoms with Crippen LogP contribution < -0.4 is 4.74 Å². The van der Waals surface area contributed by atoms with Crippen LogP contribution in [0.5, 0.6) is 5.75 Å². The summed E-state index contributed by atoms with van der Waals surface area (Å²) < 4.78 is 7.86. The molecule has 32 heavy (non-hydrogen) atoms. The number of H-pyrrole nitrogens is 2. The predicted molar refractivity (Wildman–Crippen MR) is 136 cm³/mol. The zero-order chi connectivity index (χ0) is 22.8. The number of rotatable bonds is 1. The highest BCUT2D eigenvalue weighted by atomic mass is 79.9. The van der Waals surface area contributed by atoms with E-state index < -0.39 is 0 Å². The molecule has 0 amide bonds. The lowest BCUT2D eigenvalue weighted by Crippen LogP contribution is -2.15. The minimum atomic E-state index is -0.108. The molecule has 7 heteroatoms. The molecule has 3 aromatic rings. The molecule has 0 aliphatic carbocycles. The van der Waals surface area contributed by atoms with E-state index >= 15 is 0 Å². The van der Waals surface area contributed by atoms with Crippen molar-refractivity contribution in [1.29, 1.82) is 0 Å². The van der Waals surface area contributed by atoms with Gasteiger partial charge in [0.15, 0.2) is 5.75 Å². The van der Waals surface area contributed by atoms with Gasteiger partial charge < -0.3 is 14.7 Å². The number of aromatic amines is 2. The molecule has 2 aliphatic heterocycles. The molecule has 0 unspecified atom stereocenters. The van der Waals surface area contributed by atoms with Crippen molar-refractivity contribution in [3.63, 3.8) is 0 Å². The van der Waals surface area contributed by atoms with E-state index in [1.807, 2.05) is 0 Å². The van der Waals surface area contributed by atoms with Gasteiger partial charge in [0, 0.05) is 55.2 Å². The predicted octanol–water partition coefficient (Wildman–Crippen LogP) is 6.89. The lowest BCUT2D eigenvalue weighted by molar-refractivity contribution is 0.409. The van der Waals surface area contributed by atoms with E-state index in [0.717, 1.165) is 72.4 Å². The van der Waals surface area contributed by atoms with Crippen molar-refractivity contribution >= 4 is 53.9 Å². The molecule has 2 aliphatic rings. The van der Waals surface area contributed by atoms with Crippen LogP contribution in [0.4, 0.5) is 0 Å². The first-order chi connectivity index (χ1) is 15.1. The molecule has 166 valence electrons. The molecule has 5 rings (SSSR count). The van der Waals surface area contributed by atoms with E-state index in [1.165, 1.54) is 0 Å². The monoisotopic (exact) mass is 556 g/mol. The molecule has 3 aromatic heterocycles. The van der Waals surface area contributed by atoms with Gasteiger partial charge in [-0.05, 0) is 62.2 Å². The number of hydrogen-bond donors (Lipinski definition) is 2. The van der Waals surface area contributed by atoms with Gasteiger partial charge in [-0.25, -0.2) is 0 Å². The Morgan fingerprint density at radius 1 is 0.781 bits per heavy atom. The van der Waals surface area contributed by atoms with Crippen LogP contribution in [0.15, 0.2) is 39.3 Å². The van der Waals surface area contributed by atoms with Gasteiger partial charge in [-0.3, -0.25) is 9.97 Å². The van der Waals surface area contributed by atoms with E-state index in [1.54, 1.807) is 7.11 Å². The Bertz CT molecular complexity index is 1400. The van der Waals surface area contributed by atoms with Crippen LogP contribution in [-0.2, 0) is 23.7 Å². The average molecular weight is 558 g/mol. The van der Waals surface area contributed by atoms with Gasteiger partial charge in [-0.15, -0.1) is 0 Å². The SMILES string of the molecule is COc1c2nc(cc3[nH]c(cc4nc(cc5[nH]c1cc5Br)C(C)(C)C4)cc3Br)C(C)(C)C2. The van der Waals surface area contributed by atoms with Crippen molar-refractivity contribution in [3.8, 4) is 5.75 Å². The smallest absolute Gasteiger partial charge is 0.163 e. The number of hydrogen-bond acceptors (Lipinski definition) is 3. The molecular weight excluding hydrogens is 532 g/mol.